The van der Waals surface area contributed by atoms with Crippen LogP contribution in [0.15, 0.2) is 24.3 Å². The lowest BCUT2D eigenvalue weighted by atomic mass is 9.75. The van der Waals surface area contributed by atoms with Crippen LogP contribution in [0.5, 0.6) is 0 Å². The fourth-order valence-corrected chi connectivity index (χ4v) is 2.30. The highest BCUT2D eigenvalue weighted by Crippen LogP contribution is 2.38. The number of anilines is 1. The zero-order valence-electron chi connectivity index (χ0n) is 9.50. The average molecular weight is 203 g/mol. The first-order valence-electron chi connectivity index (χ1n) is 5.37. The second-order valence-corrected chi connectivity index (χ2v) is 4.94. The largest absolute Gasteiger partial charge is 0.375 e. The van der Waals surface area contributed by atoms with Crippen LogP contribution in [0.4, 0.5) is 5.69 Å². The molecule has 1 aliphatic rings. The maximum atomic E-state index is 11.4. The van der Waals surface area contributed by atoms with E-state index in [0.29, 0.717) is 0 Å². The minimum absolute atomic E-state index is 0.0325. The summed E-state index contributed by atoms with van der Waals surface area (Å²) >= 11 is 0. The topological polar surface area (TPSA) is 29.1 Å². The molecule has 0 spiro atoms. The maximum absolute atomic E-state index is 11.4. The van der Waals surface area contributed by atoms with E-state index in [2.05, 4.69) is 31.3 Å². The van der Waals surface area contributed by atoms with E-state index in [1.807, 2.05) is 12.1 Å². The number of hydrogen-bond donors (Lipinski definition) is 1. The summed E-state index contributed by atoms with van der Waals surface area (Å²) in [6.45, 7) is 6.05. The first kappa shape index (κ1) is 10.2. The Morgan fingerprint density at radius 2 is 2.07 bits per heavy atom. The molecule has 1 aromatic rings. The zero-order chi connectivity index (χ0) is 11.1. The van der Waals surface area contributed by atoms with Crippen LogP contribution in [0.25, 0.3) is 0 Å². The molecule has 2 heteroatoms. The normalized spacial score (nSPS) is 22.7. The van der Waals surface area contributed by atoms with Crippen molar-refractivity contribution in [1.82, 2.24) is 0 Å². The van der Waals surface area contributed by atoms with Crippen molar-refractivity contribution < 1.29 is 4.79 Å². The summed E-state index contributed by atoms with van der Waals surface area (Å²) in [6.07, 6.45) is 0.874. The Morgan fingerprint density at radius 1 is 1.40 bits per heavy atom. The summed E-state index contributed by atoms with van der Waals surface area (Å²) in [5.41, 5.74) is 2.49. The van der Waals surface area contributed by atoms with Gasteiger partial charge in [0, 0.05) is 5.69 Å². The standard InChI is InChI=1S/C13H17NO/c1-9(15)12-8-13(2,3)10-6-4-5-7-11(10)14-12/h4-7,12,14H,8H2,1-3H3. The van der Waals surface area contributed by atoms with Gasteiger partial charge in [0.05, 0.1) is 6.04 Å². The summed E-state index contributed by atoms with van der Waals surface area (Å²) in [6, 6.07) is 8.21. The number of Topliss-reactive ketones (excluding diaryl/α,β-unsaturated/α-hetero) is 1. The summed E-state index contributed by atoms with van der Waals surface area (Å²) in [5.74, 6) is 0.220. The predicted octanol–water partition coefficient (Wildman–Crippen LogP) is 2.74. The van der Waals surface area contributed by atoms with Crippen molar-refractivity contribution in [3.05, 3.63) is 29.8 Å². The van der Waals surface area contributed by atoms with Gasteiger partial charge < -0.3 is 5.32 Å². The summed E-state index contributed by atoms with van der Waals surface area (Å²) < 4.78 is 0. The molecule has 2 rings (SSSR count). The number of hydrogen-bond acceptors (Lipinski definition) is 2. The third-order valence-corrected chi connectivity index (χ3v) is 3.19. The Balaban J connectivity index is 2.43. The molecule has 1 atom stereocenters. The van der Waals surface area contributed by atoms with Gasteiger partial charge in [-0.1, -0.05) is 32.0 Å². The number of nitrogens with one attached hydrogen (secondary N) is 1. The Hall–Kier alpha value is -1.31. The molecule has 0 aromatic heterocycles. The van der Waals surface area contributed by atoms with Gasteiger partial charge in [-0.25, -0.2) is 0 Å². The zero-order valence-corrected chi connectivity index (χ0v) is 9.50. The highest BCUT2D eigenvalue weighted by Gasteiger charge is 2.33. The molecule has 0 amide bonds. The first-order valence-corrected chi connectivity index (χ1v) is 5.37. The average Bonchev–Trinajstić information content (AvgIpc) is 2.16. The second-order valence-electron chi connectivity index (χ2n) is 4.94. The number of rotatable bonds is 1. The molecule has 0 saturated carbocycles. The molecule has 1 aromatic carbocycles. The van der Waals surface area contributed by atoms with E-state index in [-0.39, 0.29) is 17.2 Å². The molecule has 2 nitrogen and oxygen atoms in total. The number of ketones is 1. The fraction of sp³-hybridized carbons (Fsp3) is 0.462. The van der Waals surface area contributed by atoms with E-state index < -0.39 is 0 Å². The van der Waals surface area contributed by atoms with Crippen molar-refractivity contribution >= 4 is 11.5 Å². The van der Waals surface area contributed by atoms with E-state index in [1.165, 1.54) is 5.56 Å². The SMILES string of the molecule is CC(=O)C1CC(C)(C)c2ccccc2N1. The van der Waals surface area contributed by atoms with Crippen molar-refractivity contribution in [1.29, 1.82) is 0 Å². The summed E-state index contributed by atoms with van der Waals surface area (Å²) in [5, 5.41) is 3.30. The van der Waals surface area contributed by atoms with Gasteiger partial charge in [-0.3, -0.25) is 4.79 Å². The number of carbonyl (C=O) groups is 1. The van der Waals surface area contributed by atoms with Crippen LogP contribution in [0.2, 0.25) is 0 Å². The highest BCUT2D eigenvalue weighted by atomic mass is 16.1. The lowest BCUT2D eigenvalue weighted by Crippen LogP contribution is -2.40. The van der Waals surface area contributed by atoms with Crippen LogP contribution < -0.4 is 5.32 Å². The Morgan fingerprint density at radius 3 is 2.73 bits per heavy atom. The van der Waals surface area contributed by atoms with Crippen LogP contribution in [-0.4, -0.2) is 11.8 Å². The molecule has 1 unspecified atom stereocenters. The van der Waals surface area contributed by atoms with Crippen LogP contribution >= 0.6 is 0 Å². The molecule has 0 saturated heterocycles. The quantitative estimate of drug-likeness (QED) is 0.760. The van der Waals surface area contributed by atoms with Crippen LogP contribution in [0.3, 0.4) is 0 Å². The number of carbonyl (C=O) groups excluding carboxylic acids is 1. The van der Waals surface area contributed by atoms with E-state index in [4.69, 9.17) is 0 Å². The van der Waals surface area contributed by atoms with Gasteiger partial charge in [0.15, 0.2) is 5.78 Å². The maximum Gasteiger partial charge on any atom is 0.151 e. The number of fused-ring (bicyclic) bond motifs is 1. The fourth-order valence-electron chi connectivity index (χ4n) is 2.30. The molecule has 80 valence electrons. The van der Waals surface area contributed by atoms with E-state index in [1.54, 1.807) is 6.92 Å². The van der Waals surface area contributed by atoms with Crippen LogP contribution in [0, 0.1) is 0 Å². The van der Waals surface area contributed by atoms with Gasteiger partial charge in [0.1, 0.15) is 0 Å². The van der Waals surface area contributed by atoms with Gasteiger partial charge >= 0.3 is 0 Å². The number of para-hydroxylation sites is 1. The first-order chi connectivity index (χ1) is 7.00. The summed E-state index contributed by atoms with van der Waals surface area (Å²) in [4.78, 5) is 11.4. The molecule has 1 heterocycles. The predicted molar refractivity (Wildman–Crippen MR) is 62.2 cm³/mol. The third kappa shape index (κ3) is 1.76. The molecular weight excluding hydrogens is 186 g/mol. The molecule has 0 bridgehead atoms. The van der Waals surface area contributed by atoms with Gasteiger partial charge in [0.2, 0.25) is 0 Å². The van der Waals surface area contributed by atoms with Crippen molar-refractivity contribution in [2.75, 3.05) is 5.32 Å². The second kappa shape index (κ2) is 3.37. The molecule has 1 aliphatic heterocycles. The third-order valence-electron chi connectivity index (χ3n) is 3.19. The molecule has 0 fully saturated rings. The molecule has 0 radical (unpaired) electrons. The molecular formula is C13H17NO. The van der Waals surface area contributed by atoms with Gasteiger partial charge in [0.25, 0.3) is 0 Å². The molecule has 1 N–H and O–H groups in total. The van der Waals surface area contributed by atoms with Crippen LogP contribution in [-0.2, 0) is 10.2 Å². The van der Waals surface area contributed by atoms with Crippen LogP contribution in [0.1, 0.15) is 32.8 Å². The highest BCUT2D eigenvalue weighted by molar-refractivity contribution is 5.85. The Bertz CT molecular complexity index is 395. The lowest BCUT2D eigenvalue weighted by Gasteiger charge is -2.37. The van der Waals surface area contributed by atoms with E-state index in [0.717, 1.165) is 12.1 Å². The lowest BCUT2D eigenvalue weighted by molar-refractivity contribution is -0.118. The van der Waals surface area contributed by atoms with Gasteiger partial charge in [-0.2, -0.15) is 0 Å². The van der Waals surface area contributed by atoms with Gasteiger partial charge in [-0.15, -0.1) is 0 Å². The minimum Gasteiger partial charge on any atom is -0.375 e. The van der Waals surface area contributed by atoms with E-state index in [9.17, 15) is 4.79 Å². The monoisotopic (exact) mass is 203 g/mol. The minimum atomic E-state index is -0.0325. The van der Waals surface area contributed by atoms with Gasteiger partial charge in [-0.05, 0) is 30.4 Å². The van der Waals surface area contributed by atoms with Crippen molar-refractivity contribution in [2.45, 2.75) is 38.6 Å². The molecule has 15 heavy (non-hydrogen) atoms. The Labute approximate surface area is 90.7 Å². The summed E-state index contributed by atoms with van der Waals surface area (Å²) in [7, 11) is 0. The smallest absolute Gasteiger partial charge is 0.151 e. The van der Waals surface area contributed by atoms with Crippen molar-refractivity contribution in [3.8, 4) is 0 Å². The van der Waals surface area contributed by atoms with Crippen molar-refractivity contribution in [2.24, 2.45) is 0 Å². The van der Waals surface area contributed by atoms with Crippen molar-refractivity contribution in [3.63, 3.8) is 0 Å². The number of benzene rings is 1. The molecule has 0 aliphatic carbocycles. The van der Waals surface area contributed by atoms with E-state index >= 15 is 0 Å². The Kier molecular flexibility index (Phi) is 2.29.